The van der Waals surface area contributed by atoms with E-state index in [-0.39, 0.29) is 23.8 Å². The van der Waals surface area contributed by atoms with Crippen LogP contribution in [0.4, 0.5) is 0 Å². The Morgan fingerprint density at radius 1 is 1.09 bits per heavy atom. The average Bonchev–Trinajstić information content (AvgIpc) is 2.97. The lowest BCUT2D eigenvalue weighted by molar-refractivity contribution is -0.124. The van der Waals surface area contributed by atoms with E-state index in [1.54, 1.807) is 6.07 Å². The topological polar surface area (TPSA) is 58.2 Å². The van der Waals surface area contributed by atoms with Gasteiger partial charge in [-0.25, -0.2) is 0 Å². The Kier molecular flexibility index (Phi) is 8.31. The summed E-state index contributed by atoms with van der Waals surface area (Å²) >= 11 is 1.38. The highest BCUT2D eigenvalue weighted by molar-refractivity contribution is 7.12. The molecule has 2 atom stereocenters. The number of carbonyl (C=O) groups is 2. The molecular weight excluding hydrogens is 308 g/mol. The van der Waals surface area contributed by atoms with Crippen LogP contribution in [0.25, 0.3) is 0 Å². The molecule has 1 aromatic rings. The predicted octanol–water partition coefficient (Wildman–Crippen LogP) is 3.83. The minimum Gasteiger partial charge on any atom is -0.352 e. The molecule has 130 valence electrons. The smallest absolute Gasteiger partial charge is 0.262 e. The maximum absolute atomic E-state index is 12.5. The largest absolute Gasteiger partial charge is 0.352 e. The maximum atomic E-state index is 12.5. The molecule has 0 saturated heterocycles. The molecule has 0 saturated carbocycles. The number of carbonyl (C=O) groups excluding carboxylic acids is 2. The van der Waals surface area contributed by atoms with Crippen LogP contribution in [0.2, 0.25) is 0 Å². The summed E-state index contributed by atoms with van der Waals surface area (Å²) in [6, 6.07) is 3.23. The van der Waals surface area contributed by atoms with Crippen molar-refractivity contribution in [1.82, 2.24) is 10.6 Å². The van der Waals surface area contributed by atoms with Gasteiger partial charge in [0.1, 0.15) is 6.04 Å². The zero-order valence-corrected chi connectivity index (χ0v) is 15.7. The SMILES string of the molecule is CC(C)CCCC(C)NC(=O)C(NC(=O)c1cccs1)C(C)C. The van der Waals surface area contributed by atoms with Gasteiger partial charge >= 0.3 is 0 Å². The summed E-state index contributed by atoms with van der Waals surface area (Å²) in [7, 11) is 0. The predicted molar refractivity (Wildman–Crippen MR) is 96.7 cm³/mol. The van der Waals surface area contributed by atoms with Crippen LogP contribution < -0.4 is 10.6 Å². The minimum absolute atomic E-state index is 0.0433. The summed E-state index contributed by atoms with van der Waals surface area (Å²) in [5, 5.41) is 7.75. The van der Waals surface area contributed by atoms with Crippen LogP contribution in [-0.2, 0) is 4.79 Å². The quantitative estimate of drug-likeness (QED) is 0.719. The Hall–Kier alpha value is -1.36. The number of hydrogen-bond acceptors (Lipinski definition) is 3. The lowest BCUT2D eigenvalue weighted by Gasteiger charge is -2.24. The second-order valence-electron chi connectivity index (χ2n) is 6.91. The standard InChI is InChI=1S/C18H30N2O2S/c1-12(2)8-6-9-14(5)19-18(22)16(13(3)4)20-17(21)15-10-7-11-23-15/h7,10-14,16H,6,8-9H2,1-5H3,(H,19,22)(H,20,21). The van der Waals surface area contributed by atoms with Crippen LogP contribution in [0.15, 0.2) is 17.5 Å². The van der Waals surface area contributed by atoms with Crippen molar-refractivity contribution >= 4 is 23.2 Å². The Morgan fingerprint density at radius 2 is 1.78 bits per heavy atom. The van der Waals surface area contributed by atoms with Gasteiger partial charge in [-0.1, -0.05) is 46.6 Å². The molecule has 5 heteroatoms. The van der Waals surface area contributed by atoms with Gasteiger partial charge in [-0.15, -0.1) is 11.3 Å². The third kappa shape index (κ3) is 7.16. The highest BCUT2D eigenvalue weighted by Crippen LogP contribution is 2.12. The molecule has 2 unspecified atom stereocenters. The fraction of sp³-hybridized carbons (Fsp3) is 0.667. The number of nitrogens with one attached hydrogen (secondary N) is 2. The summed E-state index contributed by atoms with van der Waals surface area (Å²) in [4.78, 5) is 25.3. The molecule has 1 aromatic heterocycles. The fourth-order valence-electron chi connectivity index (χ4n) is 2.39. The Balaban J connectivity index is 2.52. The van der Waals surface area contributed by atoms with Crippen molar-refractivity contribution in [3.63, 3.8) is 0 Å². The van der Waals surface area contributed by atoms with Crippen molar-refractivity contribution in [1.29, 1.82) is 0 Å². The van der Waals surface area contributed by atoms with Gasteiger partial charge in [-0.3, -0.25) is 9.59 Å². The van der Waals surface area contributed by atoms with E-state index in [4.69, 9.17) is 0 Å². The van der Waals surface area contributed by atoms with Crippen LogP contribution in [0, 0.1) is 11.8 Å². The molecule has 2 amide bonds. The van der Waals surface area contributed by atoms with Gasteiger partial charge in [0.25, 0.3) is 5.91 Å². The molecule has 0 aliphatic carbocycles. The molecule has 0 spiro atoms. The van der Waals surface area contributed by atoms with E-state index in [2.05, 4.69) is 24.5 Å². The molecule has 0 radical (unpaired) electrons. The van der Waals surface area contributed by atoms with Crippen LogP contribution in [0.5, 0.6) is 0 Å². The van der Waals surface area contributed by atoms with Gasteiger partial charge in [0.15, 0.2) is 0 Å². The molecule has 0 aliphatic heterocycles. The first-order valence-corrected chi connectivity index (χ1v) is 9.34. The molecule has 4 nitrogen and oxygen atoms in total. The Labute approximate surface area is 144 Å². The number of amides is 2. The molecule has 23 heavy (non-hydrogen) atoms. The zero-order valence-electron chi connectivity index (χ0n) is 14.9. The van der Waals surface area contributed by atoms with E-state index < -0.39 is 6.04 Å². The van der Waals surface area contributed by atoms with Crippen LogP contribution in [0.1, 0.15) is 63.6 Å². The van der Waals surface area contributed by atoms with Crippen molar-refractivity contribution in [3.8, 4) is 0 Å². The Morgan fingerprint density at radius 3 is 2.30 bits per heavy atom. The third-order valence-electron chi connectivity index (χ3n) is 3.79. The monoisotopic (exact) mass is 338 g/mol. The van der Waals surface area contributed by atoms with Crippen LogP contribution in [-0.4, -0.2) is 23.9 Å². The van der Waals surface area contributed by atoms with Gasteiger partial charge < -0.3 is 10.6 Å². The first-order chi connectivity index (χ1) is 10.8. The van der Waals surface area contributed by atoms with E-state index in [0.717, 1.165) is 12.8 Å². The van der Waals surface area contributed by atoms with Gasteiger partial charge in [0, 0.05) is 6.04 Å². The van der Waals surface area contributed by atoms with Gasteiger partial charge in [-0.05, 0) is 36.6 Å². The van der Waals surface area contributed by atoms with E-state index in [1.165, 1.54) is 17.8 Å². The maximum Gasteiger partial charge on any atom is 0.262 e. The molecule has 0 aromatic carbocycles. The molecule has 0 bridgehead atoms. The first kappa shape index (κ1) is 19.7. The molecule has 2 N–H and O–H groups in total. The molecule has 0 aliphatic rings. The van der Waals surface area contributed by atoms with E-state index in [0.29, 0.717) is 10.8 Å². The summed E-state index contributed by atoms with van der Waals surface area (Å²) in [5.41, 5.74) is 0. The van der Waals surface area contributed by atoms with Crippen LogP contribution in [0.3, 0.4) is 0 Å². The van der Waals surface area contributed by atoms with Gasteiger partial charge in [0.05, 0.1) is 4.88 Å². The number of thiophene rings is 1. The van der Waals surface area contributed by atoms with Gasteiger partial charge in [0.2, 0.25) is 5.91 Å². The lowest BCUT2D eigenvalue weighted by Crippen LogP contribution is -2.51. The average molecular weight is 339 g/mol. The number of hydrogen-bond donors (Lipinski definition) is 2. The third-order valence-corrected chi connectivity index (χ3v) is 4.66. The minimum atomic E-state index is -0.503. The van der Waals surface area contributed by atoms with Crippen molar-refractivity contribution < 1.29 is 9.59 Å². The zero-order chi connectivity index (χ0) is 17.4. The summed E-state index contributed by atoms with van der Waals surface area (Å²) < 4.78 is 0. The van der Waals surface area contributed by atoms with Crippen molar-refractivity contribution in [3.05, 3.63) is 22.4 Å². The second-order valence-corrected chi connectivity index (χ2v) is 7.85. The summed E-state index contributed by atoms with van der Waals surface area (Å²) in [6.45, 7) is 10.3. The van der Waals surface area contributed by atoms with Crippen LogP contribution >= 0.6 is 11.3 Å². The first-order valence-electron chi connectivity index (χ1n) is 8.46. The molecule has 1 rings (SSSR count). The highest BCUT2D eigenvalue weighted by Gasteiger charge is 2.25. The number of rotatable bonds is 9. The lowest BCUT2D eigenvalue weighted by atomic mass is 10.0. The normalized spacial score (nSPS) is 13.9. The molecule has 0 fully saturated rings. The van der Waals surface area contributed by atoms with E-state index >= 15 is 0 Å². The Bertz CT molecular complexity index is 483. The van der Waals surface area contributed by atoms with Crippen molar-refractivity contribution in [2.45, 2.75) is 66.0 Å². The van der Waals surface area contributed by atoms with Crippen molar-refractivity contribution in [2.24, 2.45) is 11.8 Å². The van der Waals surface area contributed by atoms with E-state index in [9.17, 15) is 9.59 Å². The fourth-order valence-corrected chi connectivity index (χ4v) is 3.02. The summed E-state index contributed by atoms with van der Waals surface area (Å²) in [6.07, 6.45) is 3.24. The van der Waals surface area contributed by atoms with E-state index in [1.807, 2.05) is 32.2 Å². The highest BCUT2D eigenvalue weighted by atomic mass is 32.1. The molecular formula is C18H30N2O2S. The molecule has 1 heterocycles. The second kappa shape index (κ2) is 9.71. The summed E-state index contributed by atoms with van der Waals surface area (Å²) in [5.74, 6) is 0.455. The van der Waals surface area contributed by atoms with Crippen molar-refractivity contribution in [2.75, 3.05) is 0 Å². The van der Waals surface area contributed by atoms with Gasteiger partial charge in [-0.2, -0.15) is 0 Å².